The molecular formula is C11H23ClN2O2. The van der Waals surface area contributed by atoms with Crippen LogP contribution in [0.5, 0.6) is 0 Å². The number of amides is 1. The molecule has 2 N–H and O–H groups in total. The number of hydrogen-bond donors (Lipinski definition) is 1. The number of rotatable bonds is 0. The van der Waals surface area contributed by atoms with Gasteiger partial charge in [-0.25, -0.2) is 4.79 Å². The van der Waals surface area contributed by atoms with Gasteiger partial charge in [0, 0.05) is 18.6 Å². The predicted octanol–water partition coefficient (Wildman–Crippen LogP) is 2.15. The van der Waals surface area contributed by atoms with Gasteiger partial charge < -0.3 is 15.4 Å². The summed E-state index contributed by atoms with van der Waals surface area (Å²) in [5.74, 6) is 0. The molecule has 1 amide bonds. The molecule has 0 bridgehead atoms. The second kappa shape index (κ2) is 5.73. The molecule has 0 aromatic rings. The van der Waals surface area contributed by atoms with Gasteiger partial charge in [-0.05, 0) is 40.5 Å². The standard InChI is InChI=1S/C11H22N2O2.ClH/c1-8-7-9(12)5-6-13(8)10(14)15-11(2,3)4;/h8-9H,5-7,12H2,1-4H3;1H/t8-,9+;/m0./s1. The Morgan fingerprint density at radius 2 is 2.00 bits per heavy atom. The summed E-state index contributed by atoms with van der Waals surface area (Å²) in [6.45, 7) is 8.36. The first-order chi connectivity index (χ1) is 6.79. The minimum Gasteiger partial charge on any atom is -0.444 e. The largest absolute Gasteiger partial charge is 0.444 e. The number of ether oxygens (including phenoxy) is 1. The number of nitrogens with zero attached hydrogens (tertiary/aromatic N) is 1. The highest BCUT2D eigenvalue weighted by Gasteiger charge is 2.30. The molecule has 5 heteroatoms. The summed E-state index contributed by atoms with van der Waals surface area (Å²) >= 11 is 0. The van der Waals surface area contributed by atoms with Gasteiger partial charge in [-0.15, -0.1) is 12.4 Å². The lowest BCUT2D eigenvalue weighted by molar-refractivity contribution is 0.0107. The van der Waals surface area contributed by atoms with E-state index >= 15 is 0 Å². The van der Waals surface area contributed by atoms with Crippen LogP contribution in [0, 0.1) is 0 Å². The average molecular weight is 251 g/mol. The fraction of sp³-hybridized carbons (Fsp3) is 0.909. The van der Waals surface area contributed by atoms with Crippen molar-refractivity contribution >= 4 is 18.5 Å². The molecule has 1 heterocycles. The third kappa shape index (κ3) is 4.58. The molecule has 0 spiro atoms. The minimum atomic E-state index is -0.420. The fourth-order valence-electron chi connectivity index (χ4n) is 1.80. The Balaban J connectivity index is 0.00000225. The Hall–Kier alpha value is -0.480. The topological polar surface area (TPSA) is 55.6 Å². The molecule has 2 atom stereocenters. The second-order valence-electron chi connectivity index (χ2n) is 5.31. The van der Waals surface area contributed by atoms with Crippen molar-refractivity contribution in [1.82, 2.24) is 4.90 Å². The van der Waals surface area contributed by atoms with Crippen LogP contribution in [0.4, 0.5) is 4.79 Å². The molecule has 1 aliphatic rings. The van der Waals surface area contributed by atoms with E-state index in [4.69, 9.17) is 10.5 Å². The number of carbonyl (C=O) groups is 1. The number of piperidine rings is 1. The molecule has 1 rings (SSSR count). The van der Waals surface area contributed by atoms with E-state index in [1.165, 1.54) is 0 Å². The molecule has 0 radical (unpaired) electrons. The Morgan fingerprint density at radius 3 is 2.44 bits per heavy atom. The maximum atomic E-state index is 11.8. The van der Waals surface area contributed by atoms with Gasteiger partial charge in [0.2, 0.25) is 0 Å². The van der Waals surface area contributed by atoms with Crippen LogP contribution in [0.1, 0.15) is 40.5 Å². The molecule has 1 aliphatic heterocycles. The Kier molecular flexibility index (Phi) is 5.56. The average Bonchev–Trinajstić information content (AvgIpc) is 1.99. The number of halogens is 1. The normalized spacial score (nSPS) is 25.9. The van der Waals surface area contributed by atoms with E-state index < -0.39 is 5.60 Å². The van der Waals surface area contributed by atoms with Crippen LogP contribution in [-0.2, 0) is 4.74 Å². The molecule has 0 aliphatic carbocycles. The van der Waals surface area contributed by atoms with Crippen LogP contribution in [0.15, 0.2) is 0 Å². The molecule has 1 saturated heterocycles. The third-order valence-corrected chi connectivity index (χ3v) is 2.54. The number of likely N-dealkylation sites (tertiary alicyclic amines) is 1. The predicted molar refractivity (Wildman–Crippen MR) is 66.9 cm³/mol. The zero-order valence-electron chi connectivity index (χ0n) is 10.5. The highest BCUT2D eigenvalue weighted by Crippen LogP contribution is 2.19. The van der Waals surface area contributed by atoms with Gasteiger partial charge in [0.1, 0.15) is 5.60 Å². The first-order valence-corrected chi connectivity index (χ1v) is 5.55. The van der Waals surface area contributed by atoms with Crippen LogP contribution in [0.2, 0.25) is 0 Å². The monoisotopic (exact) mass is 250 g/mol. The molecule has 0 saturated carbocycles. The van der Waals surface area contributed by atoms with Crippen molar-refractivity contribution in [2.75, 3.05) is 6.54 Å². The van der Waals surface area contributed by atoms with Gasteiger partial charge in [-0.1, -0.05) is 0 Å². The van der Waals surface area contributed by atoms with Crippen LogP contribution in [0.3, 0.4) is 0 Å². The zero-order valence-corrected chi connectivity index (χ0v) is 11.3. The summed E-state index contributed by atoms with van der Waals surface area (Å²) in [5, 5.41) is 0. The van der Waals surface area contributed by atoms with E-state index in [1.54, 1.807) is 4.90 Å². The molecule has 0 aromatic heterocycles. The third-order valence-electron chi connectivity index (χ3n) is 2.54. The summed E-state index contributed by atoms with van der Waals surface area (Å²) in [7, 11) is 0. The maximum Gasteiger partial charge on any atom is 0.410 e. The zero-order chi connectivity index (χ0) is 11.6. The van der Waals surface area contributed by atoms with Crippen LogP contribution < -0.4 is 5.73 Å². The van der Waals surface area contributed by atoms with Crippen molar-refractivity contribution in [1.29, 1.82) is 0 Å². The lowest BCUT2D eigenvalue weighted by atomic mass is 10.00. The van der Waals surface area contributed by atoms with Crippen molar-refractivity contribution in [2.45, 2.75) is 58.2 Å². The summed E-state index contributed by atoms with van der Waals surface area (Å²) in [6.07, 6.45) is 1.50. The molecular weight excluding hydrogens is 228 g/mol. The van der Waals surface area contributed by atoms with Crippen LogP contribution >= 0.6 is 12.4 Å². The highest BCUT2D eigenvalue weighted by atomic mass is 35.5. The Bertz CT molecular complexity index is 241. The smallest absolute Gasteiger partial charge is 0.410 e. The van der Waals surface area contributed by atoms with Gasteiger partial charge in [0.05, 0.1) is 0 Å². The molecule has 1 fully saturated rings. The lowest BCUT2D eigenvalue weighted by Gasteiger charge is -2.37. The van der Waals surface area contributed by atoms with E-state index in [0.29, 0.717) is 6.54 Å². The van der Waals surface area contributed by atoms with Gasteiger partial charge >= 0.3 is 6.09 Å². The maximum absolute atomic E-state index is 11.8. The Labute approximate surface area is 104 Å². The quantitative estimate of drug-likeness (QED) is 0.717. The first-order valence-electron chi connectivity index (χ1n) is 5.55. The second-order valence-corrected chi connectivity index (χ2v) is 5.31. The van der Waals surface area contributed by atoms with E-state index in [9.17, 15) is 4.79 Å². The van der Waals surface area contributed by atoms with Crippen molar-refractivity contribution in [2.24, 2.45) is 5.73 Å². The van der Waals surface area contributed by atoms with Crippen LogP contribution in [0.25, 0.3) is 0 Å². The first kappa shape index (κ1) is 15.5. The van der Waals surface area contributed by atoms with Gasteiger partial charge in [-0.3, -0.25) is 0 Å². The molecule has 96 valence electrons. The van der Waals surface area contributed by atoms with Crippen molar-refractivity contribution in [3.05, 3.63) is 0 Å². The van der Waals surface area contributed by atoms with E-state index in [2.05, 4.69) is 0 Å². The number of hydrogen-bond acceptors (Lipinski definition) is 3. The van der Waals surface area contributed by atoms with Crippen LogP contribution in [-0.4, -0.2) is 35.2 Å². The van der Waals surface area contributed by atoms with Gasteiger partial charge in [0.25, 0.3) is 0 Å². The van der Waals surface area contributed by atoms with E-state index in [0.717, 1.165) is 12.8 Å². The van der Waals surface area contributed by atoms with Crippen molar-refractivity contribution in [3.63, 3.8) is 0 Å². The Morgan fingerprint density at radius 1 is 1.44 bits per heavy atom. The van der Waals surface area contributed by atoms with E-state index in [1.807, 2.05) is 27.7 Å². The van der Waals surface area contributed by atoms with Gasteiger partial charge in [0.15, 0.2) is 0 Å². The molecule has 4 nitrogen and oxygen atoms in total. The number of carbonyl (C=O) groups excluding carboxylic acids is 1. The summed E-state index contributed by atoms with van der Waals surface area (Å²) in [4.78, 5) is 13.6. The fourth-order valence-corrected chi connectivity index (χ4v) is 1.80. The molecule has 0 unspecified atom stereocenters. The lowest BCUT2D eigenvalue weighted by Crippen LogP contribution is -2.49. The van der Waals surface area contributed by atoms with Gasteiger partial charge in [-0.2, -0.15) is 0 Å². The van der Waals surface area contributed by atoms with E-state index in [-0.39, 0.29) is 30.6 Å². The molecule has 16 heavy (non-hydrogen) atoms. The molecule has 0 aromatic carbocycles. The summed E-state index contributed by atoms with van der Waals surface area (Å²) < 4.78 is 5.33. The minimum absolute atomic E-state index is 0. The number of nitrogens with two attached hydrogens (primary N) is 1. The summed E-state index contributed by atoms with van der Waals surface area (Å²) in [5.41, 5.74) is 5.42. The highest BCUT2D eigenvalue weighted by molar-refractivity contribution is 5.85. The summed E-state index contributed by atoms with van der Waals surface area (Å²) in [6, 6.07) is 0.405. The van der Waals surface area contributed by atoms with Crippen molar-refractivity contribution in [3.8, 4) is 0 Å². The SMILES string of the molecule is C[C@H]1C[C@H](N)CCN1C(=O)OC(C)(C)C.Cl. The van der Waals surface area contributed by atoms with Crippen molar-refractivity contribution < 1.29 is 9.53 Å².